The van der Waals surface area contributed by atoms with E-state index in [1.165, 1.54) is 6.08 Å². The Morgan fingerprint density at radius 1 is 1.19 bits per heavy atom. The molecule has 1 aliphatic rings. The number of hydrogen-bond donors (Lipinski definition) is 1. The molecular weight excluding hydrogens is 456 g/mol. The molecular formula is C28H36N4O4. The molecule has 0 spiro atoms. The molecule has 0 saturated carbocycles. The first-order chi connectivity index (χ1) is 17.3. The number of nitrogens with one attached hydrogen (secondary N) is 1. The zero-order valence-electron chi connectivity index (χ0n) is 21.7. The van der Waals surface area contributed by atoms with Gasteiger partial charge in [0.1, 0.15) is 11.6 Å². The van der Waals surface area contributed by atoms with Gasteiger partial charge in [-0.3, -0.25) is 9.69 Å². The molecule has 192 valence electrons. The lowest BCUT2D eigenvalue weighted by Gasteiger charge is -2.26. The predicted molar refractivity (Wildman–Crippen MR) is 139 cm³/mol. The van der Waals surface area contributed by atoms with Gasteiger partial charge < -0.3 is 19.4 Å². The van der Waals surface area contributed by atoms with E-state index < -0.39 is 18.5 Å². The SMILES string of the molecule is Cc1cc(C=C(C#N)C(=O)OCC(=O)Nc2ccc(CN3CCOCC3)cc2)c(C)n1CCC(C)C. The van der Waals surface area contributed by atoms with Gasteiger partial charge in [0.15, 0.2) is 6.61 Å². The topological polar surface area (TPSA) is 96.6 Å². The third kappa shape index (κ3) is 7.80. The van der Waals surface area contributed by atoms with Crippen molar-refractivity contribution in [3.8, 4) is 6.07 Å². The molecule has 0 unspecified atom stereocenters. The van der Waals surface area contributed by atoms with Crippen molar-refractivity contribution < 1.29 is 19.1 Å². The fourth-order valence-electron chi connectivity index (χ4n) is 4.11. The highest BCUT2D eigenvalue weighted by Gasteiger charge is 2.16. The van der Waals surface area contributed by atoms with Crippen molar-refractivity contribution in [1.82, 2.24) is 9.47 Å². The van der Waals surface area contributed by atoms with E-state index in [0.29, 0.717) is 11.6 Å². The summed E-state index contributed by atoms with van der Waals surface area (Å²) in [6.07, 6.45) is 2.57. The number of anilines is 1. The van der Waals surface area contributed by atoms with Crippen LogP contribution in [0.1, 0.15) is 42.8 Å². The first-order valence-electron chi connectivity index (χ1n) is 12.4. The van der Waals surface area contributed by atoms with Crippen molar-refractivity contribution in [3.63, 3.8) is 0 Å². The molecule has 8 nitrogen and oxygen atoms in total. The zero-order valence-corrected chi connectivity index (χ0v) is 21.7. The van der Waals surface area contributed by atoms with Gasteiger partial charge in [0.05, 0.1) is 13.2 Å². The van der Waals surface area contributed by atoms with Crippen molar-refractivity contribution in [2.75, 3.05) is 38.2 Å². The number of nitriles is 1. The van der Waals surface area contributed by atoms with Crippen LogP contribution in [0.25, 0.3) is 6.08 Å². The third-order valence-electron chi connectivity index (χ3n) is 6.26. The van der Waals surface area contributed by atoms with Crippen LogP contribution in [0, 0.1) is 31.1 Å². The summed E-state index contributed by atoms with van der Waals surface area (Å²) < 4.78 is 12.7. The van der Waals surface area contributed by atoms with E-state index in [-0.39, 0.29) is 5.57 Å². The first kappa shape index (κ1) is 27.2. The molecule has 0 radical (unpaired) electrons. The molecule has 1 N–H and O–H groups in total. The number of benzene rings is 1. The van der Waals surface area contributed by atoms with Crippen LogP contribution in [0.5, 0.6) is 0 Å². The lowest BCUT2D eigenvalue weighted by atomic mass is 10.1. The van der Waals surface area contributed by atoms with Gasteiger partial charge in [0.25, 0.3) is 5.91 Å². The summed E-state index contributed by atoms with van der Waals surface area (Å²) in [6.45, 7) is 12.9. The number of ether oxygens (including phenoxy) is 2. The van der Waals surface area contributed by atoms with Gasteiger partial charge in [-0.05, 0) is 61.6 Å². The Kier molecular flexibility index (Phi) is 9.86. The van der Waals surface area contributed by atoms with Gasteiger partial charge in [0.2, 0.25) is 0 Å². The molecule has 1 aromatic heterocycles. The van der Waals surface area contributed by atoms with Gasteiger partial charge >= 0.3 is 5.97 Å². The molecule has 1 aliphatic heterocycles. The van der Waals surface area contributed by atoms with Gasteiger partial charge in [-0.15, -0.1) is 0 Å². The lowest BCUT2D eigenvalue weighted by molar-refractivity contribution is -0.142. The summed E-state index contributed by atoms with van der Waals surface area (Å²) in [7, 11) is 0. The van der Waals surface area contributed by atoms with E-state index in [9.17, 15) is 14.9 Å². The molecule has 1 amide bonds. The molecule has 0 bridgehead atoms. The number of nitrogens with zero attached hydrogens (tertiary/aromatic N) is 3. The zero-order chi connectivity index (χ0) is 26.1. The van der Waals surface area contributed by atoms with E-state index in [0.717, 1.165) is 68.3 Å². The van der Waals surface area contributed by atoms with Crippen LogP contribution < -0.4 is 5.32 Å². The second-order valence-electron chi connectivity index (χ2n) is 9.54. The molecule has 8 heteroatoms. The molecule has 1 fully saturated rings. The maximum Gasteiger partial charge on any atom is 0.349 e. The average molecular weight is 493 g/mol. The molecule has 0 aliphatic carbocycles. The van der Waals surface area contributed by atoms with Crippen LogP contribution in [0.3, 0.4) is 0 Å². The first-order valence-corrected chi connectivity index (χ1v) is 12.4. The summed E-state index contributed by atoms with van der Waals surface area (Å²) in [6, 6.07) is 11.4. The van der Waals surface area contributed by atoms with E-state index in [1.54, 1.807) is 0 Å². The van der Waals surface area contributed by atoms with E-state index >= 15 is 0 Å². The average Bonchev–Trinajstić information content (AvgIpc) is 3.13. The lowest BCUT2D eigenvalue weighted by Crippen LogP contribution is -2.35. The predicted octanol–water partition coefficient (Wildman–Crippen LogP) is 4.07. The highest BCUT2D eigenvalue weighted by molar-refractivity contribution is 6.00. The Morgan fingerprint density at radius 3 is 2.53 bits per heavy atom. The summed E-state index contributed by atoms with van der Waals surface area (Å²) >= 11 is 0. The van der Waals surface area contributed by atoms with Crippen LogP contribution in [-0.4, -0.2) is 54.3 Å². The number of aryl methyl sites for hydroxylation is 1. The van der Waals surface area contributed by atoms with Crippen molar-refractivity contribution in [1.29, 1.82) is 5.26 Å². The van der Waals surface area contributed by atoms with Crippen LogP contribution in [0.2, 0.25) is 0 Å². The van der Waals surface area contributed by atoms with Gasteiger partial charge in [-0.1, -0.05) is 26.0 Å². The van der Waals surface area contributed by atoms with Gasteiger partial charge in [0, 0.05) is 43.3 Å². The van der Waals surface area contributed by atoms with Crippen LogP contribution in [0.15, 0.2) is 35.9 Å². The molecule has 1 saturated heterocycles. The van der Waals surface area contributed by atoms with Crippen molar-refractivity contribution >= 4 is 23.6 Å². The number of amides is 1. The van der Waals surface area contributed by atoms with E-state index in [4.69, 9.17) is 9.47 Å². The number of carbonyl (C=O) groups excluding carboxylic acids is 2. The van der Waals surface area contributed by atoms with Crippen LogP contribution >= 0.6 is 0 Å². The third-order valence-corrected chi connectivity index (χ3v) is 6.26. The minimum atomic E-state index is -0.819. The second-order valence-corrected chi connectivity index (χ2v) is 9.54. The fourth-order valence-corrected chi connectivity index (χ4v) is 4.11. The highest BCUT2D eigenvalue weighted by atomic mass is 16.5. The van der Waals surface area contributed by atoms with Gasteiger partial charge in [-0.25, -0.2) is 4.79 Å². The largest absolute Gasteiger partial charge is 0.451 e. The molecule has 2 aromatic rings. The highest BCUT2D eigenvalue weighted by Crippen LogP contribution is 2.20. The standard InChI is InChI=1S/C28H36N4O4/c1-20(2)9-10-32-21(3)15-24(22(32)4)16-25(17-29)28(34)36-19-27(33)30-26-7-5-23(6-8-26)18-31-11-13-35-14-12-31/h5-8,15-16,20H,9-14,18-19H2,1-4H3,(H,30,33). The molecule has 36 heavy (non-hydrogen) atoms. The fraction of sp³-hybridized carbons (Fsp3) is 0.464. The van der Waals surface area contributed by atoms with E-state index in [2.05, 4.69) is 28.6 Å². The number of morpholine rings is 1. The quantitative estimate of drug-likeness (QED) is 0.305. The smallest absolute Gasteiger partial charge is 0.349 e. The van der Waals surface area contributed by atoms with Crippen molar-refractivity contribution in [2.45, 2.75) is 47.2 Å². The molecule has 3 rings (SSSR count). The summed E-state index contributed by atoms with van der Waals surface area (Å²) in [4.78, 5) is 27.1. The molecule has 1 aromatic carbocycles. The summed E-state index contributed by atoms with van der Waals surface area (Å²) in [5.74, 6) is -0.706. The minimum absolute atomic E-state index is 0.139. The summed E-state index contributed by atoms with van der Waals surface area (Å²) in [5, 5.41) is 12.2. The van der Waals surface area contributed by atoms with Crippen molar-refractivity contribution in [2.24, 2.45) is 5.92 Å². The maximum atomic E-state index is 12.5. The number of hydrogen-bond acceptors (Lipinski definition) is 6. The minimum Gasteiger partial charge on any atom is -0.451 e. The number of esters is 1. The second kappa shape index (κ2) is 13.1. The Morgan fingerprint density at radius 2 is 1.89 bits per heavy atom. The van der Waals surface area contributed by atoms with Gasteiger partial charge in [-0.2, -0.15) is 5.26 Å². The maximum absolute atomic E-state index is 12.5. The Balaban J connectivity index is 1.53. The number of rotatable bonds is 10. The van der Waals surface area contributed by atoms with Crippen molar-refractivity contribution in [3.05, 3.63) is 58.4 Å². The number of carbonyl (C=O) groups is 2. The molecule has 0 atom stereocenters. The van der Waals surface area contributed by atoms with Crippen LogP contribution in [-0.2, 0) is 32.2 Å². The Bertz CT molecular complexity index is 1120. The number of aromatic nitrogens is 1. The molecule has 2 heterocycles. The van der Waals surface area contributed by atoms with Crippen LogP contribution in [0.4, 0.5) is 5.69 Å². The Labute approximate surface area is 213 Å². The normalized spacial score (nSPS) is 14.5. The monoisotopic (exact) mass is 492 g/mol. The Hall–Kier alpha value is -3.41. The van der Waals surface area contributed by atoms with E-state index in [1.807, 2.05) is 50.2 Å². The summed E-state index contributed by atoms with van der Waals surface area (Å²) in [5.41, 5.74) is 4.48.